The lowest BCUT2D eigenvalue weighted by Gasteiger charge is -2.12. The number of rotatable bonds is 10. The molecule has 1 atom stereocenters. The number of hydrogen-bond donors (Lipinski definition) is 1. The summed E-state index contributed by atoms with van der Waals surface area (Å²) in [5, 5.41) is 8.95. The van der Waals surface area contributed by atoms with Gasteiger partial charge in [-0.25, -0.2) is 4.79 Å². The van der Waals surface area contributed by atoms with Gasteiger partial charge in [0.25, 0.3) is 0 Å². The summed E-state index contributed by atoms with van der Waals surface area (Å²) >= 11 is 0. The van der Waals surface area contributed by atoms with Crippen LogP contribution in [0.5, 0.6) is 0 Å². The van der Waals surface area contributed by atoms with Gasteiger partial charge in [-0.05, 0) is 32.8 Å². The highest BCUT2D eigenvalue weighted by molar-refractivity contribution is 6.10. The van der Waals surface area contributed by atoms with Gasteiger partial charge in [0.15, 0.2) is 5.78 Å². The van der Waals surface area contributed by atoms with Crippen molar-refractivity contribution in [2.75, 3.05) is 6.61 Å². The molecule has 0 aliphatic rings. The van der Waals surface area contributed by atoms with Crippen LogP contribution >= 0.6 is 0 Å². The summed E-state index contributed by atoms with van der Waals surface area (Å²) in [7, 11) is 0. The lowest BCUT2D eigenvalue weighted by molar-refractivity contribution is -0.143. The number of Topliss-reactive ketones (excluding diaryl/α,β-unsaturated/α-hetero) is 2. The van der Waals surface area contributed by atoms with Crippen molar-refractivity contribution in [1.82, 2.24) is 4.98 Å². The van der Waals surface area contributed by atoms with Crippen molar-refractivity contribution in [3.63, 3.8) is 0 Å². The van der Waals surface area contributed by atoms with Gasteiger partial charge in [0, 0.05) is 24.4 Å². The third kappa shape index (κ3) is 5.91. The van der Waals surface area contributed by atoms with Crippen molar-refractivity contribution in [3.8, 4) is 0 Å². The second-order valence-corrected chi connectivity index (χ2v) is 5.35. The molecule has 1 aromatic heterocycles. The van der Waals surface area contributed by atoms with E-state index in [1.165, 1.54) is 19.2 Å². The Hall–Kier alpha value is -2.57. The van der Waals surface area contributed by atoms with E-state index >= 15 is 0 Å². The summed E-state index contributed by atoms with van der Waals surface area (Å²) < 4.78 is 4.81. The van der Waals surface area contributed by atoms with Gasteiger partial charge >= 0.3 is 11.9 Å². The molecule has 0 bridgehead atoms. The maximum Gasteiger partial charge on any atom is 0.337 e. The molecule has 1 heterocycles. The second-order valence-electron chi connectivity index (χ2n) is 5.35. The molecule has 0 aliphatic heterocycles. The van der Waals surface area contributed by atoms with Crippen molar-refractivity contribution < 1.29 is 29.0 Å². The van der Waals surface area contributed by atoms with Gasteiger partial charge in [0.2, 0.25) is 0 Å². The van der Waals surface area contributed by atoms with E-state index < -0.39 is 17.7 Å². The number of aromatic carboxylic acids is 1. The first-order valence-electron chi connectivity index (χ1n) is 7.75. The summed E-state index contributed by atoms with van der Waals surface area (Å²) in [4.78, 5) is 50.1. The molecule has 0 fully saturated rings. The number of ether oxygens (including phenoxy) is 1. The smallest absolute Gasteiger partial charge is 0.337 e. The fraction of sp³-hybridized carbons (Fsp3) is 0.471. The molecule has 1 unspecified atom stereocenters. The van der Waals surface area contributed by atoms with Gasteiger partial charge < -0.3 is 9.84 Å². The molecule has 1 aromatic rings. The summed E-state index contributed by atoms with van der Waals surface area (Å²) in [6, 6.07) is 1.21. The summed E-state index contributed by atoms with van der Waals surface area (Å²) in [6.45, 7) is 3.37. The molecule has 130 valence electrons. The molecule has 7 heteroatoms. The maximum atomic E-state index is 12.4. The first-order valence-corrected chi connectivity index (χ1v) is 7.75. The van der Waals surface area contributed by atoms with E-state index in [1.807, 2.05) is 0 Å². The minimum Gasteiger partial charge on any atom is -0.478 e. The number of carbonyl (C=O) groups excluding carboxylic acids is 3. The molecule has 0 aromatic carbocycles. The van der Waals surface area contributed by atoms with Gasteiger partial charge in [-0.15, -0.1) is 0 Å². The topological polar surface area (TPSA) is 111 Å². The Morgan fingerprint density at radius 3 is 2.42 bits per heavy atom. The Morgan fingerprint density at radius 1 is 1.17 bits per heavy atom. The molecule has 0 saturated carbocycles. The predicted octanol–water partition coefficient (Wildman–Crippen LogP) is 2.29. The van der Waals surface area contributed by atoms with Gasteiger partial charge in [0.05, 0.1) is 18.1 Å². The molecular weight excluding hydrogens is 314 g/mol. The quantitative estimate of drug-likeness (QED) is 0.302. The van der Waals surface area contributed by atoms with Crippen molar-refractivity contribution in [2.24, 2.45) is 5.92 Å². The molecule has 24 heavy (non-hydrogen) atoms. The average molecular weight is 335 g/mol. The molecule has 0 saturated heterocycles. The molecular formula is C17H21NO6. The first kappa shape index (κ1) is 19.5. The first-order chi connectivity index (χ1) is 11.4. The monoisotopic (exact) mass is 335 g/mol. The molecule has 1 N–H and O–H groups in total. The zero-order valence-electron chi connectivity index (χ0n) is 13.8. The van der Waals surface area contributed by atoms with Gasteiger partial charge in [0.1, 0.15) is 5.78 Å². The average Bonchev–Trinajstić information content (AvgIpc) is 2.54. The van der Waals surface area contributed by atoms with E-state index in [2.05, 4.69) is 4.98 Å². The number of carbonyl (C=O) groups is 4. The standard InChI is InChI=1S/C17H21NO6/c1-3-24-15(20)7-5-4-6-14(11(2)19)16(21)12-8-13(17(22)23)10-18-9-12/h8-10,14H,3-7H2,1-2H3,(H,22,23). The Balaban J connectivity index is 2.69. The summed E-state index contributed by atoms with van der Waals surface area (Å²) in [5.74, 6) is -3.10. The highest BCUT2D eigenvalue weighted by Crippen LogP contribution is 2.18. The van der Waals surface area contributed by atoms with Crippen molar-refractivity contribution >= 4 is 23.5 Å². The van der Waals surface area contributed by atoms with Crippen LogP contribution in [0, 0.1) is 5.92 Å². The predicted molar refractivity (Wildman–Crippen MR) is 84.8 cm³/mol. The Morgan fingerprint density at radius 2 is 1.83 bits per heavy atom. The summed E-state index contributed by atoms with van der Waals surface area (Å²) in [5.41, 5.74) is -0.00837. The number of esters is 1. The number of aromatic nitrogens is 1. The van der Waals surface area contributed by atoms with Crippen LogP contribution in [0.3, 0.4) is 0 Å². The molecule has 1 rings (SSSR count). The fourth-order valence-electron chi connectivity index (χ4n) is 2.26. The highest BCUT2D eigenvalue weighted by Gasteiger charge is 2.25. The SMILES string of the molecule is CCOC(=O)CCCCC(C(C)=O)C(=O)c1cncc(C(=O)O)c1. The largest absolute Gasteiger partial charge is 0.478 e. The number of nitrogens with zero attached hydrogens (tertiary/aromatic N) is 1. The van der Waals surface area contributed by atoms with E-state index in [9.17, 15) is 19.2 Å². The number of carboxylic acids is 1. The number of hydrogen-bond acceptors (Lipinski definition) is 6. The number of unbranched alkanes of at least 4 members (excludes halogenated alkanes) is 1. The van der Waals surface area contributed by atoms with E-state index in [-0.39, 0.29) is 29.3 Å². The molecule has 0 radical (unpaired) electrons. The van der Waals surface area contributed by atoms with Crippen LogP contribution in [0.1, 0.15) is 60.2 Å². The maximum absolute atomic E-state index is 12.4. The van der Waals surface area contributed by atoms with Crippen molar-refractivity contribution in [1.29, 1.82) is 0 Å². The molecule has 0 aliphatic carbocycles. The van der Waals surface area contributed by atoms with Gasteiger partial charge in [-0.3, -0.25) is 19.4 Å². The van der Waals surface area contributed by atoms with Crippen LogP contribution in [0.4, 0.5) is 0 Å². The van der Waals surface area contributed by atoms with E-state index in [0.29, 0.717) is 25.9 Å². The summed E-state index contributed by atoms with van der Waals surface area (Å²) in [6.07, 6.45) is 3.96. The van der Waals surface area contributed by atoms with Crippen LogP contribution < -0.4 is 0 Å². The van der Waals surface area contributed by atoms with Crippen LogP contribution in [-0.2, 0) is 14.3 Å². The van der Waals surface area contributed by atoms with Gasteiger partial charge in [-0.2, -0.15) is 0 Å². The molecule has 0 spiro atoms. The van der Waals surface area contributed by atoms with Crippen LogP contribution in [0.25, 0.3) is 0 Å². The lowest BCUT2D eigenvalue weighted by atomic mass is 9.89. The van der Waals surface area contributed by atoms with E-state index in [0.717, 1.165) is 6.20 Å². The molecule has 0 amide bonds. The number of ketones is 2. The third-order valence-electron chi connectivity index (χ3n) is 3.51. The van der Waals surface area contributed by atoms with Crippen molar-refractivity contribution in [2.45, 2.75) is 39.5 Å². The Kier molecular flexibility index (Phi) is 7.74. The minimum atomic E-state index is -1.19. The fourth-order valence-corrected chi connectivity index (χ4v) is 2.26. The van der Waals surface area contributed by atoms with E-state index in [1.54, 1.807) is 6.92 Å². The lowest BCUT2D eigenvalue weighted by Crippen LogP contribution is -2.23. The van der Waals surface area contributed by atoms with Crippen molar-refractivity contribution in [3.05, 3.63) is 29.6 Å². The zero-order valence-corrected chi connectivity index (χ0v) is 13.8. The minimum absolute atomic E-state index is 0.0977. The normalized spacial score (nSPS) is 11.6. The second kappa shape index (κ2) is 9.54. The van der Waals surface area contributed by atoms with E-state index in [4.69, 9.17) is 9.84 Å². The van der Waals surface area contributed by atoms with Crippen LogP contribution in [0.15, 0.2) is 18.5 Å². The highest BCUT2D eigenvalue weighted by atomic mass is 16.5. The van der Waals surface area contributed by atoms with Crippen LogP contribution in [-0.4, -0.2) is 40.2 Å². The number of pyridine rings is 1. The number of carboxylic acid groups (broad SMARTS) is 1. The van der Waals surface area contributed by atoms with Gasteiger partial charge in [-0.1, -0.05) is 6.42 Å². The zero-order chi connectivity index (χ0) is 18.1. The Bertz CT molecular complexity index is 625. The Labute approximate surface area is 140 Å². The third-order valence-corrected chi connectivity index (χ3v) is 3.51. The molecule has 7 nitrogen and oxygen atoms in total. The van der Waals surface area contributed by atoms with Crippen LogP contribution in [0.2, 0.25) is 0 Å².